The number of hydrogen-bond donors (Lipinski definition) is 0. The van der Waals surface area contributed by atoms with Crippen LogP contribution in [0.3, 0.4) is 0 Å². The van der Waals surface area contributed by atoms with Crippen molar-refractivity contribution in [1.29, 1.82) is 0 Å². The van der Waals surface area contributed by atoms with Gasteiger partial charge in [-0.15, -0.1) is 22.7 Å². The fourth-order valence-corrected chi connectivity index (χ4v) is 7.31. The first-order chi connectivity index (χ1) is 21.8. The molecule has 0 aliphatic heterocycles. The molecule has 0 fully saturated rings. The van der Waals surface area contributed by atoms with Gasteiger partial charge in [0.05, 0.1) is 22.4 Å². The van der Waals surface area contributed by atoms with Gasteiger partial charge in [0.1, 0.15) is 0 Å². The van der Waals surface area contributed by atoms with Gasteiger partial charge in [0.25, 0.3) is 0 Å². The van der Waals surface area contributed by atoms with Crippen LogP contribution in [0.15, 0.2) is 132 Å². The first-order valence-electron chi connectivity index (χ1n) is 14.5. The number of aromatic nitrogens is 2. The van der Waals surface area contributed by atoms with Gasteiger partial charge in [-0.3, -0.25) is 0 Å². The maximum atomic E-state index is 5.00. The van der Waals surface area contributed by atoms with Gasteiger partial charge in [-0.05, 0) is 103 Å². The second kappa shape index (κ2) is 11.5. The summed E-state index contributed by atoms with van der Waals surface area (Å²) in [6.45, 7) is 0. The lowest BCUT2D eigenvalue weighted by molar-refractivity contribution is 1.24. The lowest BCUT2D eigenvalue weighted by Crippen LogP contribution is -1.93. The summed E-state index contributed by atoms with van der Waals surface area (Å²) < 4.78 is 0. The smallest absolute Gasteiger partial charge is 0.0895 e. The van der Waals surface area contributed by atoms with Crippen LogP contribution in [0.2, 0.25) is 0 Å². The van der Waals surface area contributed by atoms with Crippen molar-refractivity contribution in [3.63, 3.8) is 0 Å². The lowest BCUT2D eigenvalue weighted by Gasteiger charge is -2.04. The zero-order valence-electron chi connectivity index (χ0n) is 23.7. The Hall–Kier alpha value is -5.16. The van der Waals surface area contributed by atoms with E-state index < -0.39 is 0 Å². The molecule has 0 aliphatic carbocycles. The standard InChI is InChI=1S/C40H26N2S2/c1-3-13-33-27(9-1)11-7-15-35(33)29-23-31(43-25-29)19-21-39-40(42-38-18-6-5-17-37(38)41-39)22-20-32-24-30(26-44-32)36-16-8-12-28-10-2-4-14-34(28)36/h1-26H. The van der Waals surface area contributed by atoms with Gasteiger partial charge in [0, 0.05) is 9.75 Å². The minimum atomic E-state index is 0.853. The molecule has 0 aliphatic rings. The summed E-state index contributed by atoms with van der Waals surface area (Å²) in [6, 6.07) is 42.7. The minimum absolute atomic E-state index is 0.853. The SMILES string of the molecule is C(=Cc1nc2ccccc2nc1C=Cc1cc(-c2cccc3ccccc23)cs1)c1cc(-c2cccc3ccccc23)cs1. The summed E-state index contributed by atoms with van der Waals surface area (Å²) >= 11 is 3.48. The fraction of sp³-hybridized carbons (Fsp3) is 0. The number of benzene rings is 5. The molecule has 0 saturated heterocycles. The Labute approximate surface area is 264 Å². The molecule has 0 spiro atoms. The van der Waals surface area contributed by atoms with Crippen molar-refractivity contribution < 1.29 is 0 Å². The quantitative estimate of drug-likeness (QED) is 0.190. The van der Waals surface area contributed by atoms with Crippen LogP contribution in [0.5, 0.6) is 0 Å². The molecule has 0 N–H and O–H groups in total. The molecule has 0 amide bonds. The molecule has 8 aromatic rings. The van der Waals surface area contributed by atoms with E-state index in [1.807, 2.05) is 24.3 Å². The highest BCUT2D eigenvalue weighted by molar-refractivity contribution is 7.11. The predicted octanol–water partition coefficient (Wildman–Crippen LogP) is 11.7. The molecule has 3 aromatic heterocycles. The summed E-state index contributed by atoms with van der Waals surface area (Å²) in [6.07, 6.45) is 8.49. The average molecular weight is 599 g/mol. The largest absolute Gasteiger partial charge is 0.245 e. The van der Waals surface area contributed by atoms with E-state index in [1.54, 1.807) is 22.7 Å². The normalized spacial score (nSPS) is 11.9. The second-order valence-electron chi connectivity index (χ2n) is 10.7. The Balaban J connectivity index is 1.12. The fourth-order valence-electron chi connectivity index (χ4n) is 5.71. The van der Waals surface area contributed by atoms with E-state index in [1.165, 1.54) is 53.6 Å². The Bertz CT molecular complexity index is 2180. The molecule has 0 bridgehead atoms. The third-order valence-corrected chi connectivity index (χ3v) is 9.67. The number of rotatable bonds is 6. The summed E-state index contributed by atoms with van der Waals surface area (Å²) in [5.41, 5.74) is 8.46. The average Bonchev–Trinajstić information content (AvgIpc) is 3.76. The summed E-state index contributed by atoms with van der Waals surface area (Å²) in [4.78, 5) is 12.4. The number of hydrogen-bond acceptors (Lipinski definition) is 4. The van der Waals surface area contributed by atoms with Crippen LogP contribution >= 0.6 is 22.7 Å². The van der Waals surface area contributed by atoms with E-state index in [0.717, 1.165) is 22.4 Å². The van der Waals surface area contributed by atoms with Crippen molar-refractivity contribution in [3.8, 4) is 22.3 Å². The molecule has 5 aromatic carbocycles. The molecule has 4 heteroatoms. The van der Waals surface area contributed by atoms with Gasteiger partial charge in [-0.1, -0.05) is 97.1 Å². The van der Waals surface area contributed by atoms with Crippen molar-refractivity contribution in [3.05, 3.63) is 153 Å². The summed E-state index contributed by atoms with van der Waals surface area (Å²) in [7, 11) is 0. The van der Waals surface area contributed by atoms with Gasteiger partial charge in [-0.25, -0.2) is 9.97 Å². The highest BCUT2D eigenvalue weighted by Crippen LogP contribution is 2.34. The van der Waals surface area contributed by atoms with E-state index in [-0.39, 0.29) is 0 Å². The molecule has 0 unspecified atom stereocenters. The topological polar surface area (TPSA) is 25.8 Å². The van der Waals surface area contributed by atoms with Gasteiger partial charge in [-0.2, -0.15) is 0 Å². The van der Waals surface area contributed by atoms with Crippen molar-refractivity contribution in [2.24, 2.45) is 0 Å². The van der Waals surface area contributed by atoms with Crippen LogP contribution in [0.1, 0.15) is 21.1 Å². The van der Waals surface area contributed by atoms with Crippen molar-refractivity contribution in [2.45, 2.75) is 0 Å². The summed E-state index contributed by atoms with van der Waals surface area (Å²) in [5, 5.41) is 9.52. The van der Waals surface area contributed by atoms with Crippen molar-refractivity contribution in [2.75, 3.05) is 0 Å². The molecule has 3 heterocycles. The molecule has 0 atom stereocenters. The Kier molecular flexibility index (Phi) is 6.91. The van der Waals surface area contributed by atoms with Crippen LogP contribution < -0.4 is 0 Å². The van der Waals surface area contributed by atoms with Crippen LogP contribution in [0.25, 0.3) is 79.1 Å². The Morgan fingerprint density at radius 2 is 0.864 bits per heavy atom. The maximum absolute atomic E-state index is 5.00. The van der Waals surface area contributed by atoms with Gasteiger partial charge in [0.2, 0.25) is 0 Å². The first kappa shape index (κ1) is 26.5. The van der Waals surface area contributed by atoms with Crippen LogP contribution in [-0.4, -0.2) is 9.97 Å². The third-order valence-electron chi connectivity index (χ3n) is 7.88. The van der Waals surface area contributed by atoms with E-state index in [2.05, 4.69) is 132 Å². The lowest BCUT2D eigenvalue weighted by atomic mass is 10.0. The third kappa shape index (κ3) is 5.15. The zero-order valence-corrected chi connectivity index (χ0v) is 25.4. The van der Waals surface area contributed by atoms with Gasteiger partial charge < -0.3 is 0 Å². The van der Waals surface area contributed by atoms with Crippen molar-refractivity contribution >= 4 is 79.6 Å². The Morgan fingerprint density at radius 3 is 1.36 bits per heavy atom. The number of para-hydroxylation sites is 2. The second-order valence-corrected chi connectivity index (χ2v) is 12.6. The molecular weight excluding hydrogens is 573 g/mol. The molecule has 0 radical (unpaired) electrons. The van der Waals surface area contributed by atoms with E-state index in [4.69, 9.17) is 9.97 Å². The van der Waals surface area contributed by atoms with Crippen molar-refractivity contribution in [1.82, 2.24) is 9.97 Å². The number of nitrogens with zero attached hydrogens (tertiary/aromatic N) is 2. The predicted molar refractivity (Wildman–Crippen MR) is 192 cm³/mol. The first-order valence-corrected chi connectivity index (χ1v) is 16.3. The highest BCUT2D eigenvalue weighted by Gasteiger charge is 2.09. The van der Waals surface area contributed by atoms with E-state index in [0.29, 0.717) is 0 Å². The number of fused-ring (bicyclic) bond motifs is 3. The summed E-state index contributed by atoms with van der Waals surface area (Å²) in [5.74, 6) is 0. The highest BCUT2D eigenvalue weighted by atomic mass is 32.1. The molecule has 208 valence electrons. The van der Waals surface area contributed by atoms with Crippen LogP contribution in [0.4, 0.5) is 0 Å². The van der Waals surface area contributed by atoms with E-state index in [9.17, 15) is 0 Å². The molecule has 44 heavy (non-hydrogen) atoms. The zero-order chi connectivity index (χ0) is 29.3. The molecule has 0 saturated carbocycles. The van der Waals surface area contributed by atoms with Crippen LogP contribution in [0, 0.1) is 0 Å². The number of thiophene rings is 2. The minimum Gasteiger partial charge on any atom is -0.245 e. The van der Waals surface area contributed by atoms with Gasteiger partial charge in [0.15, 0.2) is 0 Å². The van der Waals surface area contributed by atoms with Crippen LogP contribution in [-0.2, 0) is 0 Å². The monoisotopic (exact) mass is 598 g/mol. The van der Waals surface area contributed by atoms with E-state index >= 15 is 0 Å². The molecule has 2 nitrogen and oxygen atoms in total. The Morgan fingerprint density at radius 1 is 0.432 bits per heavy atom. The van der Waals surface area contributed by atoms with Gasteiger partial charge >= 0.3 is 0 Å². The maximum Gasteiger partial charge on any atom is 0.0895 e. The molecule has 8 rings (SSSR count). The molecular formula is C40H26N2S2.